The average Bonchev–Trinajstić information content (AvgIpc) is 2.63. The highest BCUT2D eigenvalue weighted by Crippen LogP contribution is 2.27. The molecule has 1 N–H and O–H groups in total. The smallest absolute Gasteiger partial charge is 0.335 e. The van der Waals surface area contributed by atoms with Crippen LogP contribution < -0.4 is 0 Å². The molecule has 1 saturated heterocycles. The predicted octanol–water partition coefficient (Wildman–Crippen LogP) is 3.12. The molecule has 1 aliphatic rings. The lowest BCUT2D eigenvalue weighted by Gasteiger charge is -2.33. The predicted molar refractivity (Wildman–Crippen MR) is 92.1 cm³/mol. The Kier molecular flexibility index (Phi) is 5.20. The maximum Gasteiger partial charge on any atom is 0.335 e. The molecule has 1 aromatic carbocycles. The summed E-state index contributed by atoms with van der Waals surface area (Å²) in [4.78, 5) is 22.1. The summed E-state index contributed by atoms with van der Waals surface area (Å²) in [5.41, 5.74) is 2.72. The van der Waals surface area contributed by atoms with Crippen LogP contribution in [-0.4, -0.2) is 39.0 Å². The van der Waals surface area contributed by atoms with Gasteiger partial charge < -0.3 is 5.11 Å². The molecule has 0 bridgehead atoms. The number of carboxylic acid groups (broad SMARTS) is 1. The van der Waals surface area contributed by atoms with E-state index in [1.807, 2.05) is 24.5 Å². The van der Waals surface area contributed by atoms with Gasteiger partial charge in [0.2, 0.25) is 0 Å². The largest absolute Gasteiger partial charge is 0.478 e. The van der Waals surface area contributed by atoms with Crippen LogP contribution in [0.1, 0.15) is 53.0 Å². The second-order valence-electron chi connectivity index (χ2n) is 6.36. The van der Waals surface area contributed by atoms with E-state index in [0.29, 0.717) is 11.5 Å². The molecule has 3 rings (SSSR count). The molecule has 24 heavy (non-hydrogen) atoms. The second kappa shape index (κ2) is 7.53. The Morgan fingerprint density at radius 3 is 2.58 bits per heavy atom. The summed E-state index contributed by atoms with van der Waals surface area (Å²) in [5.74, 6) is 0.466. The number of aromatic carboxylic acids is 1. The number of carbonyl (C=O) groups is 1. The molecule has 5 nitrogen and oxygen atoms in total. The first kappa shape index (κ1) is 16.6. The average molecular weight is 325 g/mol. The number of carboxylic acids is 1. The minimum Gasteiger partial charge on any atom is -0.478 e. The fourth-order valence-corrected chi connectivity index (χ4v) is 3.27. The van der Waals surface area contributed by atoms with Gasteiger partial charge in [-0.25, -0.2) is 14.8 Å². The number of aryl methyl sites for hydroxylation is 1. The Labute approximate surface area is 142 Å². The van der Waals surface area contributed by atoms with Crippen molar-refractivity contribution in [2.75, 3.05) is 13.1 Å². The summed E-state index contributed by atoms with van der Waals surface area (Å²) in [6.07, 6.45) is 7.01. The van der Waals surface area contributed by atoms with E-state index < -0.39 is 5.97 Å². The fraction of sp³-hybridized carbons (Fsp3) is 0.421. The highest BCUT2D eigenvalue weighted by molar-refractivity contribution is 5.87. The Morgan fingerprint density at radius 2 is 1.96 bits per heavy atom. The molecular formula is C19H23N3O2. The maximum atomic E-state index is 11.0. The van der Waals surface area contributed by atoms with Gasteiger partial charge in [-0.15, -0.1) is 0 Å². The molecule has 1 atom stereocenters. The number of hydrogen-bond donors (Lipinski definition) is 1. The lowest BCUT2D eigenvalue weighted by molar-refractivity contribution is 0.0697. The molecule has 2 aromatic rings. The molecule has 2 heterocycles. The van der Waals surface area contributed by atoms with E-state index in [9.17, 15) is 4.79 Å². The van der Waals surface area contributed by atoms with E-state index in [1.165, 1.54) is 5.56 Å². The Bertz CT molecular complexity index is 683. The first-order chi connectivity index (χ1) is 11.7. The van der Waals surface area contributed by atoms with Crippen molar-refractivity contribution in [1.82, 2.24) is 14.9 Å². The van der Waals surface area contributed by atoms with Gasteiger partial charge in [-0.1, -0.05) is 19.1 Å². The molecule has 1 aromatic heterocycles. The van der Waals surface area contributed by atoms with Crippen molar-refractivity contribution in [3.05, 3.63) is 59.2 Å². The number of rotatable bonds is 5. The minimum atomic E-state index is -0.873. The van der Waals surface area contributed by atoms with Gasteiger partial charge in [-0.2, -0.15) is 0 Å². The molecular weight excluding hydrogens is 302 g/mol. The van der Waals surface area contributed by atoms with Crippen LogP contribution in [0.3, 0.4) is 0 Å². The van der Waals surface area contributed by atoms with Gasteiger partial charge in [0.25, 0.3) is 0 Å². The molecule has 0 spiro atoms. The zero-order chi connectivity index (χ0) is 16.9. The first-order valence-electron chi connectivity index (χ1n) is 8.51. The molecule has 0 radical (unpaired) electrons. The molecule has 1 aliphatic heterocycles. The van der Waals surface area contributed by atoms with Crippen LogP contribution in [0, 0.1) is 0 Å². The highest BCUT2D eigenvalue weighted by Gasteiger charge is 2.21. The molecule has 0 aliphatic carbocycles. The molecule has 0 saturated carbocycles. The number of piperidine rings is 1. The van der Waals surface area contributed by atoms with Gasteiger partial charge in [0.15, 0.2) is 0 Å². The first-order valence-corrected chi connectivity index (χ1v) is 8.51. The van der Waals surface area contributed by atoms with Gasteiger partial charge in [0.05, 0.1) is 5.56 Å². The summed E-state index contributed by atoms with van der Waals surface area (Å²) in [6.45, 7) is 4.99. The van der Waals surface area contributed by atoms with Crippen LogP contribution in [0.15, 0.2) is 36.7 Å². The molecule has 126 valence electrons. The number of hydrogen-bond acceptors (Lipinski definition) is 4. The molecule has 0 amide bonds. The van der Waals surface area contributed by atoms with Crippen molar-refractivity contribution in [3.63, 3.8) is 0 Å². The lowest BCUT2D eigenvalue weighted by atomic mass is 9.90. The van der Waals surface area contributed by atoms with E-state index in [4.69, 9.17) is 5.11 Å². The normalized spacial score (nSPS) is 18.5. The van der Waals surface area contributed by atoms with Crippen molar-refractivity contribution < 1.29 is 9.90 Å². The van der Waals surface area contributed by atoms with Crippen LogP contribution in [0.5, 0.6) is 0 Å². The van der Waals surface area contributed by atoms with Crippen molar-refractivity contribution >= 4 is 5.97 Å². The van der Waals surface area contributed by atoms with Crippen LogP contribution >= 0.6 is 0 Å². The van der Waals surface area contributed by atoms with E-state index in [1.54, 1.807) is 12.1 Å². The highest BCUT2D eigenvalue weighted by atomic mass is 16.4. The van der Waals surface area contributed by atoms with Crippen LogP contribution in [0.4, 0.5) is 0 Å². The van der Waals surface area contributed by atoms with Crippen LogP contribution in [-0.2, 0) is 13.0 Å². The zero-order valence-corrected chi connectivity index (χ0v) is 14.0. The maximum absolute atomic E-state index is 11.0. The third-order valence-corrected chi connectivity index (χ3v) is 4.62. The van der Waals surface area contributed by atoms with Gasteiger partial charge in [-0.05, 0) is 43.0 Å². The lowest BCUT2D eigenvalue weighted by Crippen LogP contribution is -2.34. The van der Waals surface area contributed by atoms with Crippen LogP contribution in [0.2, 0.25) is 0 Å². The van der Waals surface area contributed by atoms with Crippen molar-refractivity contribution in [2.24, 2.45) is 0 Å². The van der Waals surface area contributed by atoms with Gasteiger partial charge in [-0.3, -0.25) is 4.90 Å². The monoisotopic (exact) mass is 325 g/mol. The van der Waals surface area contributed by atoms with Crippen molar-refractivity contribution in [1.29, 1.82) is 0 Å². The third kappa shape index (κ3) is 3.97. The Hall–Kier alpha value is -2.27. The summed E-state index contributed by atoms with van der Waals surface area (Å²) in [7, 11) is 0. The number of benzene rings is 1. The van der Waals surface area contributed by atoms with Gasteiger partial charge in [0.1, 0.15) is 5.82 Å². The SMILES string of the molecule is CCc1ncc(CN2CCCC(c3ccc(C(=O)O)cc3)C2)cn1. The summed E-state index contributed by atoms with van der Waals surface area (Å²) < 4.78 is 0. The number of aromatic nitrogens is 2. The van der Waals surface area contributed by atoms with E-state index in [0.717, 1.165) is 50.3 Å². The van der Waals surface area contributed by atoms with E-state index >= 15 is 0 Å². The molecule has 5 heteroatoms. The second-order valence-corrected chi connectivity index (χ2v) is 6.36. The minimum absolute atomic E-state index is 0.347. The van der Waals surface area contributed by atoms with Gasteiger partial charge >= 0.3 is 5.97 Å². The Morgan fingerprint density at radius 1 is 1.25 bits per heavy atom. The molecule has 1 unspecified atom stereocenters. The van der Waals surface area contributed by atoms with Gasteiger partial charge in [0, 0.05) is 37.5 Å². The molecule has 1 fully saturated rings. The number of likely N-dealkylation sites (tertiary alicyclic amines) is 1. The van der Waals surface area contributed by atoms with Crippen molar-refractivity contribution in [2.45, 2.75) is 38.6 Å². The number of nitrogens with zero attached hydrogens (tertiary/aromatic N) is 3. The fourth-order valence-electron chi connectivity index (χ4n) is 3.27. The van der Waals surface area contributed by atoms with E-state index in [2.05, 4.69) is 21.8 Å². The quantitative estimate of drug-likeness (QED) is 0.915. The summed E-state index contributed by atoms with van der Waals surface area (Å²) in [5, 5.41) is 9.01. The summed E-state index contributed by atoms with van der Waals surface area (Å²) in [6, 6.07) is 7.31. The van der Waals surface area contributed by atoms with Crippen molar-refractivity contribution in [3.8, 4) is 0 Å². The third-order valence-electron chi connectivity index (χ3n) is 4.62. The summed E-state index contributed by atoms with van der Waals surface area (Å²) >= 11 is 0. The zero-order valence-electron chi connectivity index (χ0n) is 14.0. The Balaban J connectivity index is 1.64. The van der Waals surface area contributed by atoms with Crippen LogP contribution in [0.25, 0.3) is 0 Å². The standard InChI is InChI=1S/C19H23N3O2/c1-2-18-20-10-14(11-21-18)12-22-9-3-4-17(13-22)15-5-7-16(8-6-15)19(23)24/h5-8,10-11,17H,2-4,9,12-13H2,1H3,(H,23,24). The van der Waals surface area contributed by atoms with E-state index in [-0.39, 0.29) is 0 Å². The topological polar surface area (TPSA) is 66.3 Å².